The van der Waals surface area contributed by atoms with E-state index in [0.717, 1.165) is 12.1 Å². The van der Waals surface area contributed by atoms with Crippen molar-refractivity contribution in [3.8, 4) is 11.5 Å². The molecule has 0 radical (unpaired) electrons. The quantitative estimate of drug-likeness (QED) is 0.647. The Balaban J connectivity index is 1.80. The van der Waals surface area contributed by atoms with Crippen LogP contribution in [0.2, 0.25) is 0 Å². The topological polar surface area (TPSA) is 94.1 Å². The Morgan fingerprint density at radius 2 is 2.24 bits per heavy atom. The summed E-state index contributed by atoms with van der Waals surface area (Å²) in [5.74, 6) is 0.705. The summed E-state index contributed by atoms with van der Waals surface area (Å²) in [6, 6.07) is 5.51. The highest BCUT2D eigenvalue weighted by atomic mass is 16.6. The van der Waals surface area contributed by atoms with Gasteiger partial charge in [0, 0.05) is 25.1 Å². The Hall–Kier alpha value is -2.28. The summed E-state index contributed by atoms with van der Waals surface area (Å²) in [4.78, 5) is 10.7. The highest BCUT2D eigenvalue weighted by Crippen LogP contribution is 2.31. The SMILES string of the molecule is Cc1cccc([N+](=O)[O-])c1-c1nnc(CCNC2CC2)o1. The number of nitro groups is 1. The van der Waals surface area contributed by atoms with Gasteiger partial charge in [0.15, 0.2) is 0 Å². The Labute approximate surface area is 121 Å². The van der Waals surface area contributed by atoms with Crippen molar-refractivity contribution in [2.45, 2.75) is 32.2 Å². The molecule has 1 heterocycles. The summed E-state index contributed by atoms with van der Waals surface area (Å²) in [7, 11) is 0. The van der Waals surface area contributed by atoms with Gasteiger partial charge in [-0.2, -0.15) is 0 Å². The predicted octanol–water partition coefficient (Wildman–Crippen LogP) is 2.25. The lowest BCUT2D eigenvalue weighted by Gasteiger charge is -2.02. The van der Waals surface area contributed by atoms with E-state index in [-0.39, 0.29) is 11.6 Å². The number of nitrogens with zero attached hydrogens (tertiary/aromatic N) is 3. The molecule has 3 rings (SSSR count). The van der Waals surface area contributed by atoms with Gasteiger partial charge in [-0.3, -0.25) is 10.1 Å². The molecular formula is C14H16N4O3. The number of hydrogen-bond donors (Lipinski definition) is 1. The van der Waals surface area contributed by atoms with E-state index in [1.54, 1.807) is 19.1 Å². The van der Waals surface area contributed by atoms with Gasteiger partial charge < -0.3 is 9.73 Å². The molecule has 0 amide bonds. The number of aromatic nitrogens is 2. The molecule has 7 heteroatoms. The van der Waals surface area contributed by atoms with Gasteiger partial charge in [-0.25, -0.2) is 0 Å². The fraction of sp³-hybridized carbons (Fsp3) is 0.429. The molecule has 0 atom stereocenters. The summed E-state index contributed by atoms with van der Waals surface area (Å²) in [6.45, 7) is 2.57. The van der Waals surface area contributed by atoms with Crippen LogP contribution >= 0.6 is 0 Å². The van der Waals surface area contributed by atoms with Gasteiger partial charge in [-0.05, 0) is 25.3 Å². The van der Waals surface area contributed by atoms with Gasteiger partial charge in [-0.1, -0.05) is 12.1 Å². The van der Waals surface area contributed by atoms with Crippen LogP contribution in [-0.4, -0.2) is 27.7 Å². The first-order valence-electron chi connectivity index (χ1n) is 6.95. The molecule has 1 aliphatic carbocycles. The van der Waals surface area contributed by atoms with Crippen molar-refractivity contribution in [2.75, 3.05) is 6.54 Å². The maximum Gasteiger partial charge on any atom is 0.282 e. The van der Waals surface area contributed by atoms with Crippen molar-refractivity contribution in [2.24, 2.45) is 0 Å². The zero-order valence-electron chi connectivity index (χ0n) is 11.7. The van der Waals surface area contributed by atoms with Gasteiger partial charge in [-0.15, -0.1) is 10.2 Å². The molecule has 0 saturated heterocycles. The standard InChI is InChI=1S/C14H16N4O3/c1-9-3-2-4-11(18(19)20)13(9)14-17-16-12(21-14)7-8-15-10-5-6-10/h2-4,10,15H,5-8H2,1H3. The average molecular weight is 288 g/mol. The zero-order valence-corrected chi connectivity index (χ0v) is 11.7. The summed E-state index contributed by atoms with van der Waals surface area (Å²) < 4.78 is 5.58. The summed E-state index contributed by atoms with van der Waals surface area (Å²) >= 11 is 0. The third-order valence-corrected chi connectivity index (χ3v) is 3.48. The van der Waals surface area contributed by atoms with Crippen LogP contribution in [0.3, 0.4) is 0 Å². The second kappa shape index (κ2) is 5.61. The lowest BCUT2D eigenvalue weighted by molar-refractivity contribution is -0.384. The van der Waals surface area contributed by atoms with Crippen LogP contribution in [0.4, 0.5) is 5.69 Å². The van der Waals surface area contributed by atoms with E-state index in [1.807, 2.05) is 0 Å². The number of hydrogen-bond acceptors (Lipinski definition) is 6. The van der Waals surface area contributed by atoms with Crippen LogP contribution in [0.15, 0.2) is 22.6 Å². The predicted molar refractivity (Wildman–Crippen MR) is 75.9 cm³/mol. The average Bonchev–Trinajstić information content (AvgIpc) is 3.16. The van der Waals surface area contributed by atoms with Crippen LogP contribution in [0, 0.1) is 17.0 Å². The zero-order chi connectivity index (χ0) is 14.8. The Kier molecular flexibility index (Phi) is 3.66. The third kappa shape index (κ3) is 3.08. The van der Waals surface area contributed by atoms with Crippen LogP contribution in [0.5, 0.6) is 0 Å². The largest absolute Gasteiger partial charge is 0.420 e. The molecule has 1 fully saturated rings. The lowest BCUT2D eigenvalue weighted by Crippen LogP contribution is -2.19. The molecule has 1 aliphatic rings. The lowest BCUT2D eigenvalue weighted by atomic mass is 10.1. The van der Waals surface area contributed by atoms with E-state index in [9.17, 15) is 10.1 Å². The minimum absolute atomic E-state index is 0.0127. The minimum atomic E-state index is -0.430. The second-order valence-corrected chi connectivity index (χ2v) is 5.21. The normalized spacial score (nSPS) is 14.3. The van der Waals surface area contributed by atoms with E-state index >= 15 is 0 Å². The van der Waals surface area contributed by atoms with Gasteiger partial charge >= 0.3 is 0 Å². The first-order chi connectivity index (χ1) is 10.1. The Bertz CT molecular complexity index is 664. The molecule has 1 saturated carbocycles. The van der Waals surface area contributed by atoms with E-state index in [4.69, 9.17) is 4.42 Å². The molecule has 0 unspecified atom stereocenters. The molecule has 1 aromatic carbocycles. The number of nitro benzene ring substituents is 1. The smallest absolute Gasteiger partial charge is 0.282 e. The Morgan fingerprint density at radius 1 is 1.43 bits per heavy atom. The second-order valence-electron chi connectivity index (χ2n) is 5.21. The van der Waals surface area contributed by atoms with Crippen LogP contribution in [-0.2, 0) is 6.42 Å². The van der Waals surface area contributed by atoms with Gasteiger partial charge in [0.1, 0.15) is 5.56 Å². The molecule has 1 N–H and O–H groups in total. The summed E-state index contributed by atoms with van der Waals surface area (Å²) in [5.41, 5.74) is 1.13. The molecule has 110 valence electrons. The summed E-state index contributed by atoms with van der Waals surface area (Å²) in [5, 5.41) is 22.4. The van der Waals surface area contributed by atoms with Crippen LogP contribution in [0.1, 0.15) is 24.3 Å². The van der Waals surface area contributed by atoms with Crippen molar-refractivity contribution >= 4 is 5.69 Å². The molecule has 1 aromatic heterocycles. The molecule has 0 spiro atoms. The highest BCUT2D eigenvalue weighted by molar-refractivity contribution is 5.70. The first kappa shape index (κ1) is 13.7. The monoisotopic (exact) mass is 288 g/mol. The van der Waals surface area contributed by atoms with Gasteiger partial charge in [0.25, 0.3) is 11.6 Å². The number of aryl methyl sites for hydroxylation is 1. The van der Waals surface area contributed by atoms with E-state index < -0.39 is 4.92 Å². The molecule has 21 heavy (non-hydrogen) atoms. The van der Waals surface area contributed by atoms with Crippen LogP contribution < -0.4 is 5.32 Å². The molecule has 7 nitrogen and oxygen atoms in total. The number of rotatable bonds is 6. The van der Waals surface area contributed by atoms with E-state index in [0.29, 0.717) is 23.9 Å². The molecule has 0 aliphatic heterocycles. The van der Waals surface area contributed by atoms with Crippen molar-refractivity contribution in [1.29, 1.82) is 0 Å². The first-order valence-corrected chi connectivity index (χ1v) is 6.95. The molecule has 0 bridgehead atoms. The molecular weight excluding hydrogens is 272 g/mol. The van der Waals surface area contributed by atoms with E-state index in [2.05, 4.69) is 15.5 Å². The summed E-state index contributed by atoms with van der Waals surface area (Å²) in [6.07, 6.45) is 3.08. The number of benzene rings is 1. The van der Waals surface area contributed by atoms with Gasteiger partial charge in [0.05, 0.1) is 4.92 Å². The Morgan fingerprint density at radius 3 is 2.95 bits per heavy atom. The third-order valence-electron chi connectivity index (χ3n) is 3.48. The fourth-order valence-corrected chi connectivity index (χ4v) is 2.21. The van der Waals surface area contributed by atoms with Gasteiger partial charge in [0.2, 0.25) is 5.89 Å². The number of nitrogens with one attached hydrogen (secondary N) is 1. The van der Waals surface area contributed by atoms with Crippen molar-refractivity contribution in [3.63, 3.8) is 0 Å². The van der Waals surface area contributed by atoms with Crippen molar-refractivity contribution < 1.29 is 9.34 Å². The van der Waals surface area contributed by atoms with Crippen molar-refractivity contribution in [3.05, 3.63) is 39.8 Å². The fourth-order valence-electron chi connectivity index (χ4n) is 2.21. The van der Waals surface area contributed by atoms with Crippen molar-refractivity contribution in [1.82, 2.24) is 15.5 Å². The highest BCUT2D eigenvalue weighted by Gasteiger charge is 2.23. The maximum atomic E-state index is 11.1. The minimum Gasteiger partial charge on any atom is -0.420 e. The van der Waals surface area contributed by atoms with Crippen LogP contribution in [0.25, 0.3) is 11.5 Å². The maximum absolute atomic E-state index is 11.1. The van der Waals surface area contributed by atoms with E-state index in [1.165, 1.54) is 18.9 Å². The molecule has 2 aromatic rings.